The number of carbonyl (C=O) groups is 3. The molecule has 7 nitrogen and oxygen atoms in total. The third-order valence-electron chi connectivity index (χ3n) is 6.94. The number of rotatable bonds is 7. The van der Waals surface area contributed by atoms with Gasteiger partial charge in [0.2, 0.25) is 11.8 Å². The van der Waals surface area contributed by atoms with Gasteiger partial charge >= 0.3 is 0 Å². The molecule has 0 spiro atoms. The molecule has 2 aliphatic heterocycles. The average Bonchev–Trinajstić information content (AvgIpc) is 3.07. The zero-order chi connectivity index (χ0) is 22.5. The van der Waals surface area contributed by atoms with Gasteiger partial charge in [-0.05, 0) is 44.0 Å². The topological polar surface area (TPSA) is 73.0 Å². The van der Waals surface area contributed by atoms with Gasteiger partial charge in [-0.1, -0.05) is 36.9 Å². The van der Waals surface area contributed by atoms with Crippen LogP contribution >= 0.6 is 11.6 Å². The molecule has 1 N–H and O–H groups in total. The highest BCUT2D eigenvalue weighted by Gasteiger charge is 2.40. The molecule has 1 aromatic carbocycles. The number of hydrogen-bond donors (Lipinski definition) is 1. The molecular weight excluding hydrogens is 428 g/mol. The van der Waals surface area contributed by atoms with Crippen molar-refractivity contribution in [2.75, 3.05) is 44.2 Å². The molecule has 4 rings (SSSR count). The third kappa shape index (κ3) is 5.62. The number of anilines is 1. The Kier molecular flexibility index (Phi) is 7.68. The summed E-state index contributed by atoms with van der Waals surface area (Å²) in [7, 11) is 0. The summed E-state index contributed by atoms with van der Waals surface area (Å²) in [5, 5.41) is 3.59. The zero-order valence-electron chi connectivity index (χ0n) is 18.6. The van der Waals surface area contributed by atoms with Gasteiger partial charge in [0.05, 0.1) is 6.42 Å². The van der Waals surface area contributed by atoms with E-state index in [1.807, 2.05) is 18.2 Å². The number of piperazine rings is 1. The molecule has 0 radical (unpaired) electrons. The lowest BCUT2D eigenvalue weighted by molar-refractivity contribution is -0.140. The van der Waals surface area contributed by atoms with Crippen molar-refractivity contribution in [1.29, 1.82) is 0 Å². The first-order valence-electron chi connectivity index (χ1n) is 11.9. The second kappa shape index (κ2) is 10.7. The van der Waals surface area contributed by atoms with Crippen LogP contribution in [0.3, 0.4) is 0 Å². The summed E-state index contributed by atoms with van der Waals surface area (Å²) in [6.07, 6.45) is 5.91. The summed E-state index contributed by atoms with van der Waals surface area (Å²) in [6.45, 7) is 5.00. The Morgan fingerprint density at radius 2 is 1.78 bits per heavy atom. The normalized spacial score (nSPS) is 23.1. The van der Waals surface area contributed by atoms with Crippen molar-refractivity contribution in [3.05, 3.63) is 29.3 Å². The van der Waals surface area contributed by atoms with Crippen molar-refractivity contribution in [3.8, 4) is 0 Å². The van der Waals surface area contributed by atoms with Crippen molar-refractivity contribution in [2.24, 2.45) is 5.92 Å². The smallest absolute Gasteiger partial charge is 0.252 e. The largest absolute Gasteiger partial charge is 0.369 e. The predicted molar refractivity (Wildman–Crippen MR) is 125 cm³/mol. The van der Waals surface area contributed by atoms with E-state index in [0.717, 1.165) is 75.5 Å². The Labute approximate surface area is 195 Å². The fourth-order valence-electron chi connectivity index (χ4n) is 5.04. The second-order valence-corrected chi connectivity index (χ2v) is 9.58. The van der Waals surface area contributed by atoms with Gasteiger partial charge in [-0.25, -0.2) is 0 Å². The number of benzene rings is 1. The van der Waals surface area contributed by atoms with Gasteiger partial charge in [0.1, 0.15) is 6.04 Å². The van der Waals surface area contributed by atoms with Crippen LogP contribution in [0.5, 0.6) is 0 Å². The molecule has 1 saturated carbocycles. The quantitative estimate of drug-likeness (QED) is 0.633. The summed E-state index contributed by atoms with van der Waals surface area (Å²) in [4.78, 5) is 43.6. The van der Waals surface area contributed by atoms with Gasteiger partial charge in [0.25, 0.3) is 5.91 Å². The minimum Gasteiger partial charge on any atom is -0.369 e. The molecule has 0 unspecified atom stereocenters. The van der Waals surface area contributed by atoms with Crippen LogP contribution in [0.2, 0.25) is 5.02 Å². The molecule has 32 heavy (non-hydrogen) atoms. The number of likely N-dealkylation sites (tertiary alicyclic amines) is 1. The molecule has 1 aromatic rings. The van der Waals surface area contributed by atoms with Gasteiger partial charge in [-0.3, -0.25) is 24.2 Å². The van der Waals surface area contributed by atoms with Crippen LogP contribution in [-0.4, -0.2) is 72.8 Å². The monoisotopic (exact) mass is 460 g/mol. The molecule has 0 bridgehead atoms. The number of nitrogens with one attached hydrogen (secondary N) is 1. The molecule has 1 aliphatic carbocycles. The summed E-state index contributed by atoms with van der Waals surface area (Å²) in [6, 6.07) is 7.24. The summed E-state index contributed by atoms with van der Waals surface area (Å²) < 4.78 is 0. The van der Waals surface area contributed by atoms with E-state index in [9.17, 15) is 14.4 Å². The Bertz CT molecular complexity index is 834. The van der Waals surface area contributed by atoms with E-state index in [-0.39, 0.29) is 30.1 Å². The summed E-state index contributed by atoms with van der Waals surface area (Å²) in [5.74, 6) is -0.485. The molecule has 0 aromatic heterocycles. The Balaban J connectivity index is 1.18. The Hall–Kier alpha value is -2.12. The first kappa shape index (κ1) is 23.1. The summed E-state index contributed by atoms with van der Waals surface area (Å²) >= 11 is 6.10. The molecule has 3 aliphatic rings. The predicted octanol–water partition coefficient (Wildman–Crippen LogP) is 2.68. The maximum Gasteiger partial charge on any atom is 0.252 e. The SMILES string of the molecule is O=C(N[C@H]1CC(=O)N(CCCN2CCN(c3cccc(Cl)c3)CC2)C1=O)C1CCCCC1. The van der Waals surface area contributed by atoms with Crippen molar-refractivity contribution >= 4 is 35.0 Å². The molecular formula is C24H33ClN4O3. The van der Waals surface area contributed by atoms with E-state index in [1.54, 1.807) is 0 Å². The van der Waals surface area contributed by atoms with E-state index in [1.165, 1.54) is 11.3 Å². The zero-order valence-corrected chi connectivity index (χ0v) is 19.4. The maximum absolute atomic E-state index is 12.7. The lowest BCUT2D eigenvalue weighted by Gasteiger charge is -2.36. The van der Waals surface area contributed by atoms with E-state index < -0.39 is 6.04 Å². The van der Waals surface area contributed by atoms with Gasteiger partial charge in [-0.2, -0.15) is 0 Å². The van der Waals surface area contributed by atoms with Crippen LogP contribution in [0.1, 0.15) is 44.9 Å². The minimum absolute atomic E-state index is 0.00807. The third-order valence-corrected chi connectivity index (χ3v) is 7.17. The number of imide groups is 1. The minimum atomic E-state index is -0.682. The molecule has 1 atom stereocenters. The standard InChI is InChI=1S/C24H33ClN4O3/c25-19-8-4-9-20(16-19)28-14-12-27(13-15-28)10-5-11-29-22(30)17-21(24(29)32)26-23(31)18-6-2-1-3-7-18/h4,8-9,16,18,21H,1-3,5-7,10-15,17H2,(H,26,31)/t21-/m0/s1. The van der Waals surface area contributed by atoms with E-state index >= 15 is 0 Å². The first-order chi connectivity index (χ1) is 15.5. The first-order valence-corrected chi connectivity index (χ1v) is 12.3. The van der Waals surface area contributed by atoms with E-state index in [4.69, 9.17) is 11.6 Å². The van der Waals surface area contributed by atoms with Crippen LogP contribution in [0.4, 0.5) is 5.69 Å². The lowest BCUT2D eigenvalue weighted by Crippen LogP contribution is -2.47. The van der Waals surface area contributed by atoms with Crippen LogP contribution < -0.4 is 10.2 Å². The maximum atomic E-state index is 12.7. The average molecular weight is 461 g/mol. The van der Waals surface area contributed by atoms with Crippen molar-refractivity contribution < 1.29 is 14.4 Å². The molecule has 174 valence electrons. The molecule has 2 saturated heterocycles. The Morgan fingerprint density at radius 3 is 2.50 bits per heavy atom. The highest BCUT2D eigenvalue weighted by Crippen LogP contribution is 2.25. The van der Waals surface area contributed by atoms with Crippen molar-refractivity contribution in [2.45, 2.75) is 51.0 Å². The second-order valence-electron chi connectivity index (χ2n) is 9.15. The van der Waals surface area contributed by atoms with Gasteiger partial charge in [0, 0.05) is 49.4 Å². The fraction of sp³-hybridized carbons (Fsp3) is 0.625. The molecule has 3 fully saturated rings. The number of halogens is 1. The van der Waals surface area contributed by atoms with Crippen LogP contribution in [0.15, 0.2) is 24.3 Å². The van der Waals surface area contributed by atoms with E-state index in [0.29, 0.717) is 6.54 Å². The lowest BCUT2D eigenvalue weighted by atomic mass is 9.88. The van der Waals surface area contributed by atoms with Crippen LogP contribution in [0, 0.1) is 5.92 Å². The number of hydrogen-bond acceptors (Lipinski definition) is 5. The van der Waals surface area contributed by atoms with Gasteiger partial charge < -0.3 is 10.2 Å². The Morgan fingerprint density at radius 1 is 1.03 bits per heavy atom. The van der Waals surface area contributed by atoms with Crippen LogP contribution in [0.25, 0.3) is 0 Å². The van der Waals surface area contributed by atoms with Crippen LogP contribution in [-0.2, 0) is 14.4 Å². The molecule has 2 heterocycles. The van der Waals surface area contributed by atoms with E-state index in [2.05, 4.69) is 21.2 Å². The molecule has 3 amide bonds. The number of nitrogens with zero attached hydrogens (tertiary/aromatic N) is 3. The number of carbonyl (C=O) groups excluding carboxylic acids is 3. The van der Waals surface area contributed by atoms with Crippen molar-refractivity contribution in [1.82, 2.24) is 15.1 Å². The van der Waals surface area contributed by atoms with Gasteiger partial charge in [0.15, 0.2) is 0 Å². The fourth-order valence-corrected chi connectivity index (χ4v) is 5.22. The van der Waals surface area contributed by atoms with Crippen molar-refractivity contribution in [3.63, 3.8) is 0 Å². The molecule has 8 heteroatoms. The highest BCUT2D eigenvalue weighted by atomic mass is 35.5. The summed E-state index contributed by atoms with van der Waals surface area (Å²) in [5.41, 5.74) is 1.15. The van der Waals surface area contributed by atoms with Gasteiger partial charge in [-0.15, -0.1) is 0 Å². The number of amides is 3. The highest BCUT2D eigenvalue weighted by molar-refractivity contribution is 6.30.